The third kappa shape index (κ3) is 16.5. The Hall–Kier alpha value is 1.79. The third-order valence-electron chi connectivity index (χ3n) is 1.80. The van der Waals surface area contributed by atoms with E-state index < -0.39 is 7.60 Å². The average molecular weight is 234 g/mol. The van der Waals surface area contributed by atoms with Crippen LogP contribution in [0.4, 0.5) is 0 Å². The Kier molecular flexibility index (Phi) is 13.6. The van der Waals surface area contributed by atoms with Gasteiger partial charge in [-0.05, 0) is 6.42 Å². The number of hydrogen-bond acceptors (Lipinski definition) is 1. The molecule has 5 heteroatoms. The van der Waals surface area contributed by atoms with Crippen molar-refractivity contribution in [1.29, 1.82) is 0 Å². The standard InChI is InChI=1S/C8H19O3P.K.H/c1-2-3-4-5-6-7-8-12(9,10)11;;/h2-8H2,1H3,(H2,9,10,11);;. The summed E-state index contributed by atoms with van der Waals surface area (Å²) in [6.07, 6.45) is 6.40. The van der Waals surface area contributed by atoms with E-state index in [1.165, 1.54) is 19.3 Å². The van der Waals surface area contributed by atoms with E-state index in [1.54, 1.807) is 0 Å². The minimum absolute atomic E-state index is 0. The summed E-state index contributed by atoms with van der Waals surface area (Å²) in [6.45, 7) is 2.15. The Morgan fingerprint density at radius 2 is 1.46 bits per heavy atom. The van der Waals surface area contributed by atoms with E-state index in [9.17, 15) is 4.57 Å². The Bertz CT molecular complexity index is 146. The SMILES string of the molecule is CCCCCCCCP(=O)(O)O.[KH]. The van der Waals surface area contributed by atoms with Crippen molar-refractivity contribution in [2.24, 2.45) is 0 Å². The molecule has 0 rings (SSSR count). The van der Waals surface area contributed by atoms with E-state index in [0.717, 1.165) is 12.8 Å². The van der Waals surface area contributed by atoms with Gasteiger partial charge in [0, 0.05) is 6.16 Å². The van der Waals surface area contributed by atoms with Crippen LogP contribution in [0, 0.1) is 0 Å². The van der Waals surface area contributed by atoms with Gasteiger partial charge in [-0.1, -0.05) is 39.0 Å². The molecule has 3 nitrogen and oxygen atoms in total. The maximum atomic E-state index is 10.4. The molecule has 0 aliphatic carbocycles. The van der Waals surface area contributed by atoms with Gasteiger partial charge < -0.3 is 9.79 Å². The van der Waals surface area contributed by atoms with Gasteiger partial charge in [-0.3, -0.25) is 4.57 Å². The molecular weight excluding hydrogens is 214 g/mol. The van der Waals surface area contributed by atoms with Crippen LogP contribution in [0.2, 0.25) is 0 Å². The summed E-state index contributed by atoms with van der Waals surface area (Å²) in [5, 5.41) is 0. The maximum absolute atomic E-state index is 10.4. The van der Waals surface area contributed by atoms with Crippen molar-refractivity contribution in [2.75, 3.05) is 6.16 Å². The quantitative estimate of drug-likeness (QED) is 0.402. The topological polar surface area (TPSA) is 57.5 Å². The summed E-state index contributed by atoms with van der Waals surface area (Å²) in [5.41, 5.74) is 0. The Morgan fingerprint density at radius 3 is 1.92 bits per heavy atom. The van der Waals surface area contributed by atoms with Crippen LogP contribution in [0.3, 0.4) is 0 Å². The first-order valence-corrected chi connectivity index (χ1v) is 6.40. The summed E-state index contributed by atoms with van der Waals surface area (Å²) in [5.74, 6) is 0. The van der Waals surface area contributed by atoms with Crippen molar-refractivity contribution in [3.05, 3.63) is 0 Å². The molecule has 0 aliphatic rings. The van der Waals surface area contributed by atoms with Gasteiger partial charge in [-0.2, -0.15) is 0 Å². The van der Waals surface area contributed by atoms with Gasteiger partial charge in [0.15, 0.2) is 0 Å². The molecule has 0 aromatic carbocycles. The summed E-state index contributed by atoms with van der Waals surface area (Å²) in [4.78, 5) is 17.1. The monoisotopic (exact) mass is 234 g/mol. The second-order valence-electron chi connectivity index (χ2n) is 3.16. The fourth-order valence-electron chi connectivity index (χ4n) is 1.10. The van der Waals surface area contributed by atoms with Crippen molar-refractivity contribution in [3.8, 4) is 0 Å². The minimum atomic E-state index is -3.72. The van der Waals surface area contributed by atoms with E-state index in [0.29, 0.717) is 6.42 Å². The average Bonchev–Trinajstić information content (AvgIpc) is 1.94. The van der Waals surface area contributed by atoms with Gasteiger partial charge >= 0.3 is 59.0 Å². The van der Waals surface area contributed by atoms with Crippen LogP contribution < -0.4 is 0 Å². The molecule has 0 aliphatic heterocycles. The van der Waals surface area contributed by atoms with Crippen molar-refractivity contribution in [3.63, 3.8) is 0 Å². The second kappa shape index (κ2) is 10.3. The molecule has 0 bridgehead atoms. The van der Waals surface area contributed by atoms with Crippen molar-refractivity contribution in [2.45, 2.75) is 45.4 Å². The first kappa shape index (κ1) is 17.2. The predicted octanol–water partition coefficient (Wildman–Crippen LogP) is 1.88. The van der Waals surface area contributed by atoms with Crippen LogP contribution in [0.1, 0.15) is 45.4 Å². The molecular formula is C8H20KO3P. The molecule has 0 atom stereocenters. The molecule has 13 heavy (non-hydrogen) atoms. The molecule has 76 valence electrons. The van der Waals surface area contributed by atoms with Gasteiger partial charge in [0.25, 0.3) is 0 Å². The van der Waals surface area contributed by atoms with Gasteiger partial charge in [0.2, 0.25) is 0 Å². The zero-order valence-corrected chi connectivity index (χ0v) is 8.59. The molecule has 0 spiro atoms. The zero-order chi connectivity index (χ0) is 9.45. The summed E-state index contributed by atoms with van der Waals surface area (Å²) >= 11 is 0. The van der Waals surface area contributed by atoms with E-state index >= 15 is 0 Å². The van der Waals surface area contributed by atoms with Crippen molar-refractivity contribution in [1.82, 2.24) is 0 Å². The zero-order valence-electron chi connectivity index (χ0n) is 7.70. The van der Waals surface area contributed by atoms with Gasteiger partial charge in [-0.15, -0.1) is 0 Å². The second-order valence-corrected chi connectivity index (χ2v) is 4.93. The van der Waals surface area contributed by atoms with E-state index in [2.05, 4.69) is 6.92 Å². The fraction of sp³-hybridized carbons (Fsp3) is 1.00. The summed E-state index contributed by atoms with van der Waals surface area (Å²) in [7, 11) is -3.72. The normalized spacial score (nSPS) is 11.0. The Labute approximate surface area is 123 Å². The first-order chi connectivity index (χ1) is 5.56. The molecule has 0 amide bonds. The third-order valence-corrected chi connectivity index (χ3v) is 2.70. The van der Waals surface area contributed by atoms with Gasteiger partial charge in [0.05, 0.1) is 0 Å². The molecule has 0 unspecified atom stereocenters. The molecule has 0 saturated carbocycles. The molecule has 0 saturated heterocycles. The summed E-state index contributed by atoms with van der Waals surface area (Å²) < 4.78 is 10.4. The number of rotatable bonds is 7. The fourth-order valence-corrected chi connectivity index (χ4v) is 1.73. The molecule has 0 radical (unpaired) electrons. The van der Waals surface area contributed by atoms with Crippen LogP contribution in [0.15, 0.2) is 0 Å². The summed E-state index contributed by atoms with van der Waals surface area (Å²) in [6, 6.07) is 0. The molecule has 0 aromatic rings. The van der Waals surface area contributed by atoms with Crippen LogP contribution in [-0.2, 0) is 4.57 Å². The van der Waals surface area contributed by atoms with Crippen LogP contribution in [0.5, 0.6) is 0 Å². The van der Waals surface area contributed by atoms with Gasteiger partial charge in [-0.25, -0.2) is 0 Å². The van der Waals surface area contributed by atoms with Crippen LogP contribution in [-0.4, -0.2) is 67.3 Å². The first-order valence-electron chi connectivity index (χ1n) is 4.61. The number of hydrogen-bond donors (Lipinski definition) is 2. The van der Waals surface area contributed by atoms with Crippen LogP contribution in [0.25, 0.3) is 0 Å². The molecule has 0 heterocycles. The van der Waals surface area contributed by atoms with E-state index in [-0.39, 0.29) is 57.5 Å². The number of unbranched alkanes of at least 4 members (excludes halogenated alkanes) is 5. The van der Waals surface area contributed by atoms with E-state index in [1.807, 2.05) is 0 Å². The molecule has 0 fully saturated rings. The Balaban J connectivity index is 0. The Morgan fingerprint density at radius 1 is 1.00 bits per heavy atom. The van der Waals surface area contributed by atoms with Crippen LogP contribution >= 0.6 is 7.60 Å². The van der Waals surface area contributed by atoms with E-state index in [4.69, 9.17) is 9.79 Å². The molecule has 0 aromatic heterocycles. The predicted molar refractivity (Wildman–Crippen MR) is 57.4 cm³/mol. The van der Waals surface area contributed by atoms with Crippen molar-refractivity contribution < 1.29 is 14.4 Å². The van der Waals surface area contributed by atoms with Crippen molar-refractivity contribution >= 4 is 59.0 Å². The van der Waals surface area contributed by atoms with Gasteiger partial charge in [0.1, 0.15) is 0 Å². The molecule has 2 N–H and O–H groups in total.